The number of nitrogens with zero attached hydrogens (tertiary/aromatic N) is 1. The summed E-state index contributed by atoms with van der Waals surface area (Å²) in [5.74, 6) is -0.0619. The van der Waals surface area contributed by atoms with Crippen molar-refractivity contribution in [2.24, 2.45) is 0 Å². The quantitative estimate of drug-likeness (QED) is 0.857. The number of nitrogens with one attached hydrogen (secondary N) is 1. The first-order valence-corrected chi connectivity index (χ1v) is 6.22. The van der Waals surface area contributed by atoms with Gasteiger partial charge in [-0.3, -0.25) is 4.79 Å². The Balaban J connectivity index is 2.54. The third kappa shape index (κ3) is 4.52. The van der Waals surface area contributed by atoms with Gasteiger partial charge in [-0.15, -0.1) is 0 Å². The third-order valence-corrected chi connectivity index (χ3v) is 2.96. The van der Waals surface area contributed by atoms with Gasteiger partial charge in [0.2, 0.25) is 5.91 Å². The molecule has 1 amide bonds. The minimum Gasteiger partial charge on any atom is -0.494 e. The van der Waals surface area contributed by atoms with E-state index in [1.54, 1.807) is 31.1 Å². The van der Waals surface area contributed by atoms with E-state index in [1.165, 1.54) is 13.2 Å². The van der Waals surface area contributed by atoms with Crippen molar-refractivity contribution in [1.82, 2.24) is 10.2 Å². The first-order chi connectivity index (χ1) is 8.95. The fourth-order valence-corrected chi connectivity index (χ4v) is 1.68. The summed E-state index contributed by atoms with van der Waals surface area (Å²) in [5, 5.41) is 3.23. The fourth-order valence-electron chi connectivity index (χ4n) is 1.68. The molecule has 5 heteroatoms. The fraction of sp³-hybridized carbons (Fsp3) is 0.500. The second-order valence-electron chi connectivity index (χ2n) is 4.61. The van der Waals surface area contributed by atoms with Crippen molar-refractivity contribution in [3.8, 4) is 5.75 Å². The lowest BCUT2D eigenvalue weighted by Crippen LogP contribution is -2.28. The molecule has 0 fully saturated rings. The van der Waals surface area contributed by atoms with Crippen molar-refractivity contribution in [3.63, 3.8) is 0 Å². The average Bonchev–Trinajstić information content (AvgIpc) is 2.38. The molecule has 0 aromatic heterocycles. The molecule has 0 radical (unpaired) electrons. The number of amides is 1. The highest BCUT2D eigenvalue weighted by Crippen LogP contribution is 2.22. The van der Waals surface area contributed by atoms with E-state index in [0.717, 1.165) is 5.56 Å². The Kier molecular flexibility index (Phi) is 5.76. The van der Waals surface area contributed by atoms with E-state index in [4.69, 9.17) is 4.74 Å². The van der Waals surface area contributed by atoms with Gasteiger partial charge in [-0.1, -0.05) is 6.07 Å². The maximum atomic E-state index is 13.3. The minimum atomic E-state index is -0.374. The molecule has 0 aliphatic carbocycles. The van der Waals surface area contributed by atoms with Gasteiger partial charge >= 0.3 is 0 Å². The van der Waals surface area contributed by atoms with Crippen LogP contribution in [0.5, 0.6) is 5.75 Å². The van der Waals surface area contributed by atoms with Crippen LogP contribution in [-0.2, 0) is 4.79 Å². The van der Waals surface area contributed by atoms with Crippen LogP contribution in [0.2, 0.25) is 0 Å². The van der Waals surface area contributed by atoms with Crippen LogP contribution >= 0.6 is 0 Å². The van der Waals surface area contributed by atoms with Gasteiger partial charge in [-0.25, -0.2) is 4.39 Å². The first kappa shape index (κ1) is 15.4. The standard InChI is InChI=1S/C14H21FN2O2/c1-10(16-8-7-14(18)17(2)3)11-5-6-12(15)13(9-11)19-4/h5-6,9-10,16H,7-8H2,1-4H3. The van der Waals surface area contributed by atoms with Crippen LogP contribution in [0.1, 0.15) is 24.9 Å². The summed E-state index contributed by atoms with van der Waals surface area (Å²) >= 11 is 0. The lowest BCUT2D eigenvalue weighted by Gasteiger charge is -2.16. The van der Waals surface area contributed by atoms with E-state index in [9.17, 15) is 9.18 Å². The molecule has 0 bridgehead atoms. The number of carbonyl (C=O) groups excluding carboxylic acids is 1. The van der Waals surface area contributed by atoms with Crippen LogP contribution in [0.25, 0.3) is 0 Å². The number of halogens is 1. The molecule has 106 valence electrons. The van der Waals surface area contributed by atoms with Gasteiger partial charge in [-0.2, -0.15) is 0 Å². The van der Waals surface area contributed by atoms with Crippen LogP contribution < -0.4 is 10.1 Å². The predicted octanol–water partition coefficient (Wildman–Crippen LogP) is 1.96. The maximum absolute atomic E-state index is 13.3. The molecule has 1 rings (SSSR count). The summed E-state index contributed by atoms with van der Waals surface area (Å²) in [4.78, 5) is 13.0. The van der Waals surface area contributed by atoms with Crippen molar-refractivity contribution in [2.75, 3.05) is 27.7 Å². The highest BCUT2D eigenvalue weighted by molar-refractivity contribution is 5.75. The van der Waals surface area contributed by atoms with Gasteiger partial charge in [-0.05, 0) is 24.6 Å². The Hall–Kier alpha value is -1.62. The third-order valence-electron chi connectivity index (χ3n) is 2.96. The molecule has 1 unspecified atom stereocenters. The molecule has 0 aliphatic rings. The summed E-state index contributed by atoms with van der Waals surface area (Å²) in [5.41, 5.74) is 0.926. The maximum Gasteiger partial charge on any atom is 0.223 e. The zero-order chi connectivity index (χ0) is 14.4. The van der Waals surface area contributed by atoms with E-state index in [1.807, 2.05) is 6.92 Å². The number of hydrogen-bond donors (Lipinski definition) is 1. The highest BCUT2D eigenvalue weighted by Gasteiger charge is 2.10. The molecule has 0 spiro atoms. The molecule has 1 atom stereocenters. The lowest BCUT2D eigenvalue weighted by molar-refractivity contribution is -0.128. The second-order valence-corrected chi connectivity index (χ2v) is 4.61. The SMILES string of the molecule is COc1cc(C(C)NCCC(=O)N(C)C)ccc1F. The van der Waals surface area contributed by atoms with Crippen molar-refractivity contribution in [3.05, 3.63) is 29.6 Å². The lowest BCUT2D eigenvalue weighted by atomic mass is 10.1. The van der Waals surface area contributed by atoms with Crippen LogP contribution in [0, 0.1) is 5.82 Å². The average molecular weight is 268 g/mol. The van der Waals surface area contributed by atoms with Gasteiger partial charge < -0.3 is 15.0 Å². The van der Waals surface area contributed by atoms with Gasteiger partial charge in [0.15, 0.2) is 11.6 Å². The predicted molar refractivity (Wildman–Crippen MR) is 72.7 cm³/mol. The molecule has 0 heterocycles. The Morgan fingerprint density at radius 1 is 1.47 bits per heavy atom. The van der Waals surface area contributed by atoms with E-state index in [0.29, 0.717) is 13.0 Å². The molecule has 4 nitrogen and oxygen atoms in total. The minimum absolute atomic E-state index is 0.0319. The van der Waals surface area contributed by atoms with E-state index in [2.05, 4.69) is 5.32 Å². The van der Waals surface area contributed by atoms with Crippen LogP contribution in [0.3, 0.4) is 0 Å². The Morgan fingerprint density at radius 3 is 2.74 bits per heavy atom. The number of hydrogen-bond acceptors (Lipinski definition) is 3. The van der Waals surface area contributed by atoms with Crippen molar-refractivity contribution >= 4 is 5.91 Å². The monoisotopic (exact) mass is 268 g/mol. The van der Waals surface area contributed by atoms with Crippen molar-refractivity contribution in [2.45, 2.75) is 19.4 Å². The van der Waals surface area contributed by atoms with Gasteiger partial charge in [0.1, 0.15) is 0 Å². The van der Waals surface area contributed by atoms with E-state index < -0.39 is 0 Å². The number of carbonyl (C=O) groups is 1. The molecule has 1 N–H and O–H groups in total. The van der Waals surface area contributed by atoms with Gasteiger partial charge in [0.25, 0.3) is 0 Å². The number of methoxy groups -OCH3 is 1. The molecule has 0 saturated heterocycles. The number of rotatable bonds is 6. The normalized spacial score (nSPS) is 12.1. The zero-order valence-corrected chi connectivity index (χ0v) is 11.9. The largest absolute Gasteiger partial charge is 0.494 e. The highest BCUT2D eigenvalue weighted by atomic mass is 19.1. The second kappa shape index (κ2) is 7.09. The van der Waals surface area contributed by atoms with Gasteiger partial charge in [0, 0.05) is 33.1 Å². The zero-order valence-electron chi connectivity index (χ0n) is 11.9. The topological polar surface area (TPSA) is 41.6 Å². The molecule has 0 saturated carbocycles. The number of benzene rings is 1. The molecule has 19 heavy (non-hydrogen) atoms. The van der Waals surface area contributed by atoms with Crippen LogP contribution in [0.4, 0.5) is 4.39 Å². The van der Waals surface area contributed by atoms with Crippen molar-refractivity contribution < 1.29 is 13.9 Å². The van der Waals surface area contributed by atoms with Crippen molar-refractivity contribution in [1.29, 1.82) is 0 Å². The van der Waals surface area contributed by atoms with E-state index in [-0.39, 0.29) is 23.5 Å². The summed E-state index contributed by atoms with van der Waals surface area (Å²) in [7, 11) is 4.91. The smallest absolute Gasteiger partial charge is 0.223 e. The summed E-state index contributed by atoms with van der Waals surface area (Å²) in [6, 6.07) is 4.80. The molecular weight excluding hydrogens is 247 g/mol. The van der Waals surface area contributed by atoms with Gasteiger partial charge in [0.05, 0.1) is 7.11 Å². The Labute approximate surface area is 113 Å². The molecule has 1 aromatic carbocycles. The Bertz CT molecular complexity index is 435. The molecular formula is C14H21FN2O2. The summed E-state index contributed by atoms with van der Waals surface area (Å²) in [6.45, 7) is 2.55. The van der Waals surface area contributed by atoms with Crippen LogP contribution in [-0.4, -0.2) is 38.6 Å². The van der Waals surface area contributed by atoms with E-state index >= 15 is 0 Å². The van der Waals surface area contributed by atoms with Crippen LogP contribution in [0.15, 0.2) is 18.2 Å². The number of ether oxygens (including phenoxy) is 1. The first-order valence-electron chi connectivity index (χ1n) is 6.22. The Morgan fingerprint density at radius 2 is 2.16 bits per heavy atom. The summed E-state index contributed by atoms with van der Waals surface area (Å²) in [6.07, 6.45) is 0.440. The molecule has 1 aromatic rings. The molecule has 0 aliphatic heterocycles. The summed E-state index contributed by atoms with van der Waals surface area (Å²) < 4.78 is 18.2.